The SMILES string of the molecule is CN=Cc1cc(OC)cc(C(C)(c2ccccc2)c2ccccc2)c1O.[Cl][Zr][Cl]. The first-order valence-electron chi connectivity index (χ1n) is 8.93. The third-order valence-corrected chi connectivity index (χ3v) is 4.86. The molecular formula is C23H23Cl2NO2Zr. The first-order chi connectivity index (χ1) is 14.0. The van der Waals surface area contributed by atoms with Gasteiger partial charge in [0.15, 0.2) is 0 Å². The molecule has 0 spiro atoms. The number of methoxy groups -OCH3 is 1. The third kappa shape index (κ3) is 5.51. The van der Waals surface area contributed by atoms with Crippen molar-refractivity contribution in [3.8, 4) is 11.5 Å². The Kier molecular flexibility index (Phi) is 9.42. The van der Waals surface area contributed by atoms with E-state index in [4.69, 9.17) is 21.8 Å². The third-order valence-electron chi connectivity index (χ3n) is 4.86. The molecule has 0 unspecified atom stereocenters. The van der Waals surface area contributed by atoms with Crippen LogP contribution in [0.15, 0.2) is 77.8 Å². The van der Waals surface area contributed by atoms with Crippen LogP contribution in [0.2, 0.25) is 0 Å². The van der Waals surface area contributed by atoms with E-state index in [-0.39, 0.29) is 5.75 Å². The summed E-state index contributed by atoms with van der Waals surface area (Å²) in [7, 11) is 13.2. The van der Waals surface area contributed by atoms with E-state index < -0.39 is 26.3 Å². The first-order valence-corrected chi connectivity index (χ1v) is 15.3. The minimum atomic E-state index is -0.826. The monoisotopic (exact) mass is 505 g/mol. The topological polar surface area (TPSA) is 41.8 Å². The zero-order valence-electron chi connectivity index (χ0n) is 16.6. The normalized spacial score (nSPS) is 10.9. The number of nitrogens with zero attached hydrogens (tertiary/aromatic N) is 1. The Hall–Kier alpha value is -1.61. The van der Waals surface area contributed by atoms with Crippen molar-refractivity contribution in [3.63, 3.8) is 0 Å². The van der Waals surface area contributed by atoms with Gasteiger partial charge < -0.3 is 9.84 Å². The summed E-state index contributed by atoms with van der Waals surface area (Å²) < 4.78 is 5.49. The van der Waals surface area contributed by atoms with Gasteiger partial charge in [-0.3, -0.25) is 4.99 Å². The summed E-state index contributed by atoms with van der Waals surface area (Å²) in [6.45, 7) is 2.12. The molecular weight excluding hydrogens is 484 g/mol. The Morgan fingerprint density at radius 1 is 0.966 bits per heavy atom. The molecule has 0 atom stereocenters. The summed E-state index contributed by atoms with van der Waals surface area (Å²) >= 11 is -0.826. The summed E-state index contributed by atoms with van der Waals surface area (Å²) in [5.74, 6) is 0.900. The van der Waals surface area contributed by atoms with Crippen molar-refractivity contribution < 1.29 is 30.7 Å². The number of hydrogen-bond donors (Lipinski definition) is 1. The number of aliphatic imine (C=N–C) groups is 1. The quantitative estimate of drug-likeness (QED) is 0.331. The molecule has 3 aromatic carbocycles. The van der Waals surface area contributed by atoms with Gasteiger partial charge in [-0.2, -0.15) is 0 Å². The molecule has 0 saturated carbocycles. The van der Waals surface area contributed by atoms with E-state index in [0.717, 1.165) is 16.7 Å². The van der Waals surface area contributed by atoms with E-state index in [0.29, 0.717) is 11.3 Å². The molecule has 0 heterocycles. The van der Waals surface area contributed by atoms with Gasteiger partial charge in [0, 0.05) is 29.8 Å². The van der Waals surface area contributed by atoms with Crippen LogP contribution in [0.3, 0.4) is 0 Å². The second kappa shape index (κ2) is 11.5. The van der Waals surface area contributed by atoms with Gasteiger partial charge >= 0.3 is 37.9 Å². The van der Waals surface area contributed by atoms with Gasteiger partial charge in [0.1, 0.15) is 11.5 Å². The molecule has 0 fully saturated rings. The molecule has 0 aliphatic carbocycles. The molecule has 0 bridgehead atoms. The maximum atomic E-state index is 11.1. The van der Waals surface area contributed by atoms with Crippen LogP contribution in [-0.4, -0.2) is 25.5 Å². The Morgan fingerprint density at radius 2 is 1.45 bits per heavy atom. The Morgan fingerprint density at radius 3 is 1.86 bits per heavy atom. The molecule has 3 rings (SSSR count). The fourth-order valence-electron chi connectivity index (χ4n) is 3.39. The van der Waals surface area contributed by atoms with E-state index in [1.54, 1.807) is 26.4 Å². The van der Waals surface area contributed by atoms with Crippen LogP contribution in [0.1, 0.15) is 29.2 Å². The maximum absolute atomic E-state index is 11.1. The molecule has 0 saturated heterocycles. The summed E-state index contributed by atoms with van der Waals surface area (Å²) in [4.78, 5) is 4.07. The van der Waals surface area contributed by atoms with E-state index in [2.05, 4.69) is 36.2 Å². The van der Waals surface area contributed by atoms with Crippen molar-refractivity contribution in [2.45, 2.75) is 12.3 Å². The average molecular weight is 508 g/mol. The van der Waals surface area contributed by atoms with Crippen LogP contribution in [0.4, 0.5) is 0 Å². The summed E-state index contributed by atoms with van der Waals surface area (Å²) in [5.41, 5.74) is 3.06. The fourth-order valence-corrected chi connectivity index (χ4v) is 3.39. The molecule has 3 nitrogen and oxygen atoms in total. The summed E-state index contributed by atoms with van der Waals surface area (Å²) in [6.07, 6.45) is 1.65. The second-order valence-electron chi connectivity index (χ2n) is 6.43. The number of aromatic hydroxyl groups is 1. The van der Waals surface area contributed by atoms with Crippen LogP contribution in [-0.2, 0) is 26.3 Å². The molecule has 1 N–H and O–H groups in total. The van der Waals surface area contributed by atoms with Crippen molar-refractivity contribution >= 4 is 23.2 Å². The molecule has 0 aromatic heterocycles. The first kappa shape index (κ1) is 23.7. The predicted molar refractivity (Wildman–Crippen MR) is 118 cm³/mol. The number of ether oxygens (including phenoxy) is 1. The summed E-state index contributed by atoms with van der Waals surface area (Å²) in [5, 5.41) is 11.1. The van der Waals surface area contributed by atoms with Gasteiger partial charge in [0.05, 0.1) is 7.11 Å². The molecule has 150 valence electrons. The van der Waals surface area contributed by atoms with E-state index in [1.165, 1.54) is 0 Å². The van der Waals surface area contributed by atoms with Crippen molar-refractivity contribution in [2.24, 2.45) is 4.99 Å². The number of phenols is 1. The predicted octanol–water partition coefficient (Wildman–Crippen LogP) is 6.18. The van der Waals surface area contributed by atoms with E-state index in [9.17, 15) is 5.11 Å². The number of phenolic OH excluding ortho intramolecular Hbond substituents is 1. The Labute approximate surface area is 191 Å². The zero-order chi connectivity index (χ0) is 21.3. The molecule has 29 heavy (non-hydrogen) atoms. The molecule has 0 radical (unpaired) electrons. The minimum absolute atomic E-state index is 0.214. The average Bonchev–Trinajstić information content (AvgIpc) is 2.76. The van der Waals surface area contributed by atoms with Crippen LogP contribution >= 0.6 is 17.0 Å². The van der Waals surface area contributed by atoms with Crippen molar-refractivity contribution in [1.82, 2.24) is 0 Å². The number of hydrogen-bond acceptors (Lipinski definition) is 3. The standard InChI is InChI=1S/C23H23NO2.2ClH.Zr/c1-23(18-10-6-4-7-11-18,19-12-8-5-9-13-19)21-15-20(26-3)14-17(16-24-2)22(21)25;;;/h4-16,25H,1-3H3;2*1H;/q;;;+2/p-2. The number of benzene rings is 3. The Bertz CT molecular complexity index is 895. The van der Waals surface area contributed by atoms with Crippen LogP contribution in [0.25, 0.3) is 0 Å². The molecule has 0 aliphatic rings. The zero-order valence-corrected chi connectivity index (χ0v) is 20.5. The second-order valence-corrected chi connectivity index (χ2v) is 10.2. The van der Waals surface area contributed by atoms with Crippen LogP contribution < -0.4 is 4.74 Å². The molecule has 0 amide bonds. The van der Waals surface area contributed by atoms with Crippen LogP contribution in [0, 0.1) is 0 Å². The van der Waals surface area contributed by atoms with Crippen molar-refractivity contribution in [1.29, 1.82) is 0 Å². The molecule has 3 aromatic rings. The van der Waals surface area contributed by atoms with Gasteiger partial charge in [-0.25, -0.2) is 0 Å². The fraction of sp³-hybridized carbons (Fsp3) is 0.174. The molecule has 6 heteroatoms. The van der Waals surface area contributed by atoms with Gasteiger partial charge in [0.25, 0.3) is 0 Å². The van der Waals surface area contributed by atoms with E-state index in [1.807, 2.05) is 42.5 Å². The number of halogens is 2. The van der Waals surface area contributed by atoms with Crippen molar-refractivity contribution in [2.75, 3.05) is 14.2 Å². The molecule has 0 aliphatic heterocycles. The van der Waals surface area contributed by atoms with Gasteiger partial charge in [-0.1, -0.05) is 60.7 Å². The van der Waals surface area contributed by atoms with Gasteiger partial charge in [-0.15, -0.1) is 0 Å². The number of rotatable bonds is 5. The van der Waals surface area contributed by atoms with Gasteiger partial charge in [0.2, 0.25) is 0 Å². The van der Waals surface area contributed by atoms with Crippen molar-refractivity contribution in [3.05, 3.63) is 95.1 Å². The Balaban J connectivity index is 0.000000941. The van der Waals surface area contributed by atoms with Crippen LogP contribution in [0.5, 0.6) is 11.5 Å². The van der Waals surface area contributed by atoms with Gasteiger partial charge in [-0.05, 0) is 30.2 Å². The van der Waals surface area contributed by atoms with E-state index >= 15 is 0 Å². The summed E-state index contributed by atoms with van der Waals surface area (Å²) in [6, 6.07) is 24.1.